The van der Waals surface area contributed by atoms with Crippen LogP contribution in [0.3, 0.4) is 0 Å². The molecule has 1 fully saturated rings. The summed E-state index contributed by atoms with van der Waals surface area (Å²) in [4.78, 5) is 45.3. The third-order valence-electron chi connectivity index (χ3n) is 8.82. The third-order valence-corrected chi connectivity index (χ3v) is 9.57. The zero-order valence-electron chi connectivity index (χ0n) is 28.0. The van der Waals surface area contributed by atoms with Gasteiger partial charge in [0.15, 0.2) is 0 Å². The van der Waals surface area contributed by atoms with Crippen molar-refractivity contribution in [1.29, 1.82) is 0 Å². The molecule has 1 aromatic heterocycles. The van der Waals surface area contributed by atoms with E-state index in [1.807, 2.05) is 37.3 Å². The summed E-state index contributed by atoms with van der Waals surface area (Å²) in [6.07, 6.45) is 4.94. The van der Waals surface area contributed by atoms with Crippen molar-refractivity contribution < 1.29 is 28.6 Å². The normalized spacial score (nSPS) is 14.6. The number of hydrogen-bond acceptors (Lipinski definition) is 8. The van der Waals surface area contributed by atoms with Crippen LogP contribution in [0, 0.1) is 6.92 Å². The Kier molecular flexibility index (Phi) is 13.0. The molecule has 2 unspecified atom stereocenters. The van der Waals surface area contributed by atoms with E-state index in [4.69, 9.17) is 25.8 Å². The van der Waals surface area contributed by atoms with Crippen LogP contribution in [0.2, 0.25) is 5.02 Å². The quantitative estimate of drug-likeness (QED) is 0.0517. The number of carbonyl (C=O) groups is 3. The number of esters is 2. The summed E-state index contributed by atoms with van der Waals surface area (Å²) in [5.74, 6) is -1.14. The number of H-pyrrole nitrogens is 1. The number of amides is 1. The summed E-state index contributed by atoms with van der Waals surface area (Å²) >= 11 is 10.5. The van der Waals surface area contributed by atoms with Gasteiger partial charge in [-0.1, -0.05) is 30.2 Å². The highest BCUT2D eigenvalue weighted by molar-refractivity contribution is 7.81. The first-order chi connectivity index (χ1) is 23.7. The molecule has 2 atom stereocenters. The molecule has 5 rings (SSSR count). The molecule has 0 bridgehead atoms. The monoisotopic (exact) mass is 705 g/mol. The number of carbonyl (C=O) groups excluding carboxylic acids is 3. The van der Waals surface area contributed by atoms with Gasteiger partial charge in [-0.3, -0.25) is 14.5 Å². The van der Waals surface area contributed by atoms with Crippen LogP contribution in [-0.2, 0) is 20.9 Å². The first kappa shape index (κ1) is 36.3. The Balaban J connectivity index is 1.16. The van der Waals surface area contributed by atoms with Crippen molar-refractivity contribution in [3.63, 3.8) is 0 Å². The lowest BCUT2D eigenvalue weighted by Crippen LogP contribution is -2.33. The van der Waals surface area contributed by atoms with E-state index in [0.717, 1.165) is 42.0 Å². The van der Waals surface area contributed by atoms with E-state index in [2.05, 4.69) is 40.0 Å². The number of aryl methyl sites for hydroxylation is 1. The molecule has 1 aliphatic rings. The lowest BCUT2D eigenvalue weighted by atomic mass is 9.91. The van der Waals surface area contributed by atoms with Crippen molar-refractivity contribution in [2.45, 2.75) is 63.2 Å². The van der Waals surface area contributed by atoms with E-state index >= 15 is 0 Å². The highest BCUT2D eigenvalue weighted by atomic mass is 35.5. The van der Waals surface area contributed by atoms with Crippen LogP contribution in [0.1, 0.15) is 71.6 Å². The largest absolute Gasteiger partial charge is 0.497 e. The van der Waals surface area contributed by atoms with Gasteiger partial charge in [-0.25, -0.2) is 4.79 Å². The lowest BCUT2D eigenvalue weighted by Gasteiger charge is -2.26. The minimum absolute atomic E-state index is 0.203. The van der Waals surface area contributed by atoms with Crippen molar-refractivity contribution >= 4 is 53.0 Å². The Morgan fingerprint density at radius 2 is 1.76 bits per heavy atom. The number of likely N-dealkylation sites (tertiary alicyclic amines) is 1. The first-order valence-corrected chi connectivity index (χ1v) is 17.7. The number of aromatic amines is 1. The molecular weight excluding hydrogens is 662 g/mol. The van der Waals surface area contributed by atoms with Gasteiger partial charge in [0.1, 0.15) is 11.5 Å². The van der Waals surface area contributed by atoms with Crippen LogP contribution in [-0.4, -0.2) is 66.3 Å². The third kappa shape index (κ3) is 10.0. The minimum Gasteiger partial charge on any atom is -0.497 e. The summed E-state index contributed by atoms with van der Waals surface area (Å²) in [6, 6.07) is 19.9. The van der Waals surface area contributed by atoms with Crippen molar-refractivity contribution in [3.8, 4) is 11.5 Å². The molecular formula is C38H44ClN3O6S. The van der Waals surface area contributed by atoms with Gasteiger partial charge >= 0.3 is 11.9 Å². The molecule has 4 aromatic rings. The number of piperidine rings is 1. The fourth-order valence-corrected chi connectivity index (χ4v) is 6.61. The highest BCUT2D eigenvalue weighted by Gasteiger charge is 2.31. The SMILES string of the molecule is COc1ccc2[nH]c(C)c(C(CCC(S)C(=O)NCCCOc3cccc(CN4CCCCC4)c3)C(=O)OC(=O)c3ccc(Cl)cc3)c2c1. The van der Waals surface area contributed by atoms with Crippen LogP contribution in [0.15, 0.2) is 66.7 Å². The fraction of sp³-hybridized carbons (Fsp3) is 0.395. The Morgan fingerprint density at radius 3 is 2.51 bits per heavy atom. The van der Waals surface area contributed by atoms with Crippen LogP contribution in [0.25, 0.3) is 10.9 Å². The molecule has 9 nitrogen and oxygen atoms in total. The van der Waals surface area contributed by atoms with Crippen molar-refractivity contribution in [2.75, 3.05) is 33.4 Å². The Bertz CT molecular complexity index is 1740. The zero-order chi connectivity index (χ0) is 34.8. The number of fused-ring (bicyclic) bond motifs is 1. The topological polar surface area (TPSA) is 110 Å². The summed E-state index contributed by atoms with van der Waals surface area (Å²) in [6.45, 7) is 5.96. The highest BCUT2D eigenvalue weighted by Crippen LogP contribution is 2.36. The molecule has 3 aromatic carbocycles. The van der Waals surface area contributed by atoms with Gasteiger partial charge in [0.05, 0.1) is 30.4 Å². The van der Waals surface area contributed by atoms with Crippen LogP contribution in [0.5, 0.6) is 11.5 Å². The second-order valence-electron chi connectivity index (χ2n) is 12.4. The lowest BCUT2D eigenvalue weighted by molar-refractivity contribution is -0.140. The zero-order valence-corrected chi connectivity index (χ0v) is 29.7. The van der Waals surface area contributed by atoms with E-state index in [1.54, 1.807) is 19.2 Å². The van der Waals surface area contributed by atoms with Gasteiger partial charge in [0.2, 0.25) is 5.91 Å². The second-order valence-corrected chi connectivity index (χ2v) is 13.5. The maximum atomic E-state index is 13.7. The maximum absolute atomic E-state index is 13.7. The van der Waals surface area contributed by atoms with Gasteiger partial charge in [-0.05, 0) is 118 Å². The fourth-order valence-electron chi connectivity index (χ4n) is 6.25. The van der Waals surface area contributed by atoms with Gasteiger partial charge in [-0.2, -0.15) is 12.6 Å². The first-order valence-electron chi connectivity index (χ1n) is 16.8. The molecule has 1 amide bonds. The number of methoxy groups -OCH3 is 1. The molecule has 49 heavy (non-hydrogen) atoms. The van der Waals surface area contributed by atoms with Gasteiger partial charge < -0.3 is 24.5 Å². The number of nitrogens with one attached hydrogen (secondary N) is 2. The number of aromatic nitrogens is 1. The van der Waals surface area contributed by atoms with Crippen LogP contribution in [0.4, 0.5) is 0 Å². The predicted octanol–water partition coefficient (Wildman–Crippen LogP) is 7.26. The van der Waals surface area contributed by atoms with Crippen molar-refractivity contribution in [3.05, 3.63) is 94.1 Å². The van der Waals surface area contributed by atoms with Crippen molar-refractivity contribution in [1.82, 2.24) is 15.2 Å². The van der Waals surface area contributed by atoms with Gasteiger partial charge in [0, 0.05) is 34.7 Å². The number of halogens is 1. The van der Waals surface area contributed by atoms with Gasteiger partial charge in [0.25, 0.3) is 0 Å². The van der Waals surface area contributed by atoms with E-state index in [9.17, 15) is 14.4 Å². The molecule has 2 heterocycles. The molecule has 0 radical (unpaired) electrons. The summed E-state index contributed by atoms with van der Waals surface area (Å²) in [5, 5.41) is 3.48. The maximum Gasteiger partial charge on any atom is 0.345 e. The van der Waals surface area contributed by atoms with E-state index < -0.39 is 23.1 Å². The number of ether oxygens (including phenoxy) is 3. The molecule has 11 heteroatoms. The molecule has 0 aliphatic carbocycles. The number of thiol groups is 1. The average Bonchev–Trinajstić information content (AvgIpc) is 3.43. The summed E-state index contributed by atoms with van der Waals surface area (Å²) in [5.41, 5.74) is 3.69. The van der Waals surface area contributed by atoms with E-state index in [0.29, 0.717) is 35.9 Å². The van der Waals surface area contributed by atoms with Crippen LogP contribution < -0.4 is 14.8 Å². The minimum atomic E-state index is -0.848. The smallest absolute Gasteiger partial charge is 0.345 e. The van der Waals surface area contributed by atoms with E-state index in [-0.39, 0.29) is 24.3 Å². The molecule has 0 spiro atoms. The van der Waals surface area contributed by atoms with E-state index in [1.165, 1.54) is 37.0 Å². The average molecular weight is 706 g/mol. The Hall–Kier alpha value is -3.99. The number of rotatable bonds is 15. The predicted molar refractivity (Wildman–Crippen MR) is 195 cm³/mol. The van der Waals surface area contributed by atoms with Crippen molar-refractivity contribution in [2.24, 2.45) is 0 Å². The molecule has 260 valence electrons. The summed E-state index contributed by atoms with van der Waals surface area (Å²) < 4.78 is 16.8. The molecule has 1 saturated heterocycles. The molecule has 0 saturated carbocycles. The number of hydrogen-bond donors (Lipinski definition) is 3. The number of nitrogens with zero attached hydrogens (tertiary/aromatic N) is 1. The standard InChI is InChI=1S/C38H44ClN3O6S/c1-25-35(32-23-29(46-2)14-16-33(32)41-25)31(38(45)48-37(44)27-10-12-28(39)13-11-27)15-17-34(49)36(43)40-18-7-21-47-30-9-6-8-26(22-30)24-42-19-4-3-5-20-42/h6,8-14,16,22-23,31,34,41,49H,3-5,7,15,17-21,24H2,1-2H3,(H,40,43). The Morgan fingerprint density at radius 1 is 0.980 bits per heavy atom. The van der Waals surface area contributed by atoms with Crippen LogP contribution >= 0.6 is 24.2 Å². The van der Waals surface area contributed by atoms with Gasteiger partial charge in [-0.15, -0.1) is 0 Å². The summed E-state index contributed by atoms with van der Waals surface area (Å²) in [7, 11) is 1.57. The second kappa shape index (κ2) is 17.6. The number of benzene rings is 3. The molecule has 2 N–H and O–H groups in total. The Labute approximate surface area is 298 Å². The molecule has 1 aliphatic heterocycles.